The van der Waals surface area contributed by atoms with E-state index >= 15 is 0 Å². The number of aliphatic imine (C=N–C) groups is 1. The van der Waals surface area contributed by atoms with Crippen LogP contribution in [0.25, 0.3) is 0 Å². The zero-order valence-corrected chi connectivity index (χ0v) is 8.40. The fraction of sp³-hybridized carbons (Fsp3) is 0.625. The Morgan fingerprint density at radius 3 is 2.27 bits per heavy atom. The van der Waals surface area contributed by atoms with Gasteiger partial charge in [0.05, 0.1) is 5.55 Å². The van der Waals surface area contributed by atoms with Crippen LogP contribution in [0.3, 0.4) is 0 Å². The summed E-state index contributed by atoms with van der Waals surface area (Å²) in [5.41, 5.74) is 2.83. The molecule has 0 saturated heterocycles. The van der Waals surface area contributed by atoms with Crippen molar-refractivity contribution in [3.8, 4) is 0 Å². The lowest BCUT2D eigenvalue weighted by molar-refractivity contribution is 0.498. The summed E-state index contributed by atoms with van der Waals surface area (Å²) in [4.78, 5) is 4.21. The molecule has 0 atom stereocenters. The maximum absolute atomic E-state index is 5.21. The number of allylic oxidation sites excluding steroid dienone is 2. The van der Waals surface area contributed by atoms with Crippen molar-refractivity contribution in [2.75, 3.05) is 0 Å². The van der Waals surface area contributed by atoms with Crippen molar-refractivity contribution in [1.82, 2.24) is 0 Å². The Hall–Kier alpha value is -0.280. The predicted molar refractivity (Wildman–Crippen MR) is 53.5 cm³/mol. The number of hydrogen-bond acceptors (Lipinski definition) is 3. The maximum atomic E-state index is 5.21. The Labute approximate surface area is 73.1 Å². The highest BCUT2D eigenvalue weighted by Crippen LogP contribution is 2.25. The van der Waals surface area contributed by atoms with Crippen molar-refractivity contribution < 1.29 is 0 Å². The summed E-state index contributed by atoms with van der Waals surface area (Å²) in [7, 11) is 0. The molecule has 0 bridgehead atoms. The molecule has 64 valence electrons. The molecule has 0 aliphatic carbocycles. The van der Waals surface area contributed by atoms with Crippen LogP contribution in [0.4, 0.5) is 0 Å². The first-order valence-corrected chi connectivity index (χ1v) is 4.51. The highest BCUT2D eigenvalue weighted by Gasteiger charge is 2.14. The second kappa shape index (κ2) is 4.57. The van der Waals surface area contributed by atoms with Gasteiger partial charge in [-0.1, -0.05) is 26.8 Å². The lowest BCUT2D eigenvalue weighted by atomic mass is 9.92. The topological polar surface area (TPSA) is 38.4 Å². The maximum Gasteiger partial charge on any atom is 0.0750 e. The van der Waals surface area contributed by atoms with Crippen molar-refractivity contribution in [2.24, 2.45) is 15.5 Å². The van der Waals surface area contributed by atoms with Gasteiger partial charge in [-0.25, -0.2) is 0 Å². The van der Waals surface area contributed by atoms with Crippen LogP contribution in [0.5, 0.6) is 0 Å². The van der Waals surface area contributed by atoms with E-state index in [0.717, 1.165) is 17.6 Å². The Kier molecular flexibility index (Phi) is 4.45. The highest BCUT2D eigenvalue weighted by atomic mass is 32.2. The van der Waals surface area contributed by atoms with Gasteiger partial charge in [0.1, 0.15) is 0 Å². The van der Waals surface area contributed by atoms with E-state index in [9.17, 15) is 0 Å². The van der Waals surface area contributed by atoms with Gasteiger partial charge in [0.25, 0.3) is 0 Å². The molecule has 11 heavy (non-hydrogen) atoms. The molecule has 0 fully saturated rings. The molecule has 3 heteroatoms. The smallest absolute Gasteiger partial charge is 0.0750 e. The third-order valence-corrected chi connectivity index (χ3v) is 1.52. The van der Waals surface area contributed by atoms with Crippen LogP contribution in [-0.2, 0) is 0 Å². The average Bonchev–Trinajstić information content (AvgIpc) is 1.87. The van der Waals surface area contributed by atoms with Gasteiger partial charge in [0, 0.05) is 11.1 Å². The van der Waals surface area contributed by atoms with Gasteiger partial charge in [0.15, 0.2) is 0 Å². The Morgan fingerprint density at radius 1 is 1.45 bits per heavy atom. The second-order valence-electron chi connectivity index (χ2n) is 3.29. The molecular formula is C8H16N2S. The molecular weight excluding hydrogens is 156 g/mol. The normalized spacial score (nSPS) is 14.5. The van der Waals surface area contributed by atoms with E-state index in [4.69, 9.17) is 5.14 Å². The standard InChI is InChI=1S/C8H16N2S/c1-5-7(8(2,3)4)10-6-11-9/h5-6H,9H2,1-4H3/b7-5-,10-6-. The van der Waals surface area contributed by atoms with Crippen LogP contribution >= 0.6 is 11.9 Å². The first kappa shape index (κ1) is 10.7. The molecule has 0 heterocycles. The van der Waals surface area contributed by atoms with Gasteiger partial charge in [-0.2, -0.15) is 0 Å². The van der Waals surface area contributed by atoms with E-state index in [0.29, 0.717) is 0 Å². The third-order valence-electron chi connectivity index (χ3n) is 1.29. The fourth-order valence-corrected chi connectivity index (χ4v) is 0.963. The van der Waals surface area contributed by atoms with Crippen LogP contribution < -0.4 is 5.14 Å². The average molecular weight is 172 g/mol. The molecule has 2 nitrogen and oxygen atoms in total. The van der Waals surface area contributed by atoms with Crippen LogP contribution in [-0.4, -0.2) is 5.55 Å². The second-order valence-corrected chi connectivity index (χ2v) is 3.78. The minimum absolute atomic E-state index is 0.112. The largest absolute Gasteiger partial charge is 0.273 e. The van der Waals surface area contributed by atoms with E-state index in [1.165, 1.54) is 0 Å². The molecule has 0 amide bonds. The SMILES string of the molecule is C/C=C(\N=C/SN)C(C)(C)C. The van der Waals surface area contributed by atoms with Gasteiger partial charge < -0.3 is 0 Å². The van der Waals surface area contributed by atoms with Crippen molar-refractivity contribution in [3.63, 3.8) is 0 Å². The summed E-state index contributed by atoms with van der Waals surface area (Å²) >= 11 is 1.13. The van der Waals surface area contributed by atoms with E-state index in [1.54, 1.807) is 5.55 Å². The molecule has 0 aromatic heterocycles. The van der Waals surface area contributed by atoms with Gasteiger partial charge >= 0.3 is 0 Å². The molecule has 0 spiro atoms. The molecule has 0 aliphatic rings. The Bertz CT molecular complexity index is 165. The molecule has 0 aromatic rings. The van der Waals surface area contributed by atoms with Crippen molar-refractivity contribution in [1.29, 1.82) is 0 Å². The molecule has 0 saturated carbocycles. The van der Waals surface area contributed by atoms with Gasteiger partial charge in [-0.3, -0.25) is 10.1 Å². The highest BCUT2D eigenvalue weighted by molar-refractivity contribution is 8.10. The number of nitrogens with two attached hydrogens (primary N) is 1. The van der Waals surface area contributed by atoms with Crippen molar-refractivity contribution in [3.05, 3.63) is 11.8 Å². The predicted octanol–water partition coefficient (Wildman–Crippen LogP) is 2.57. The molecule has 0 aromatic carbocycles. The van der Waals surface area contributed by atoms with Crippen LogP contribution in [0.1, 0.15) is 27.7 Å². The summed E-state index contributed by atoms with van der Waals surface area (Å²) < 4.78 is 0. The summed E-state index contributed by atoms with van der Waals surface area (Å²) in [5, 5.41) is 5.21. The number of nitrogens with zero attached hydrogens (tertiary/aromatic N) is 1. The minimum Gasteiger partial charge on any atom is -0.273 e. The van der Waals surface area contributed by atoms with Crippen LogP contribution in [0.15, 0.2) is 16.8 Å². The van der Waals surface area contributed by atoms with Gasteiger partial charge in [-0.05, 0) is 18.9 Å². The summed E-state index contributed by atoms with van der Waals surface area (Å²) in [6.45, 7) is 8.36. The van der Waals surface area contributed by atoms with E-state index < -0.39 is 0 Å². The van der Waals surface area contributed by atoms with E-state index in [2.05, 4.69) is 25.8 Å². The number of hydrogen-bond donors (Lipinski definition) is 1. The molecule has 2 N–H and O–H groups in total. The monoisotopic (exact) mass is 172 g/mol. The van der Waals surface area contributed by atoms with Gasteiger partial charge in [0.2, 0.25) is 0 Å². The zero-order chi connectivity index (χ0) is 8.91. The van der Waals surface area contributed by atoms with Crippen molar-refractivity contribution in [2.45, 2.75) is 27.7 Å². The van der Waals surface area contributed by atoms with E-state index in [-0.39, 0.29) is 5.41 Å². The molecule has 0 aliphatic heterocycles. The molecule has 0 radical (unpaired) electrons. The molecule has 0 rings (SSSR count). The van der Waals surface area contributed by atoms with Crippen LogP contribution in [0, 0.1) is 5.41 Å². The quantitative estimate of drug-likeness (QED) is 0.395. The zero-order valence-electron chi connectivity index (χ0n) is 7.59. The van der Waals surface area contributed by atoms with Gasteiger partial charge in [-0.15, -0.1) is 0 Å². The third kappa shape index (κ3) is 4.22. The number of rotatable bonds is 2. The Morgan fingerprint density at radius 2 is 2.00 bits per heavy atom. The summed E-state index contributed by atoms with van der Waals surface area (Å²) in [6.07, 6.45) is 2.01. The first-order valence-electron chi connectivity index (χ1n) is 3.57. The minimum atomic E-state index is 0.112. The van der Waals surface area contributed by atoms with Crippen LogP contribution in [0.2, 0.25) is 0 Å². The summed E-state index contributed by atoms with van der Waals surface area (Å²) in [5.74, 6) is 0. The summed E-state index contributed by atoms with van der Waals surface area (Å²) in [6, 6.07) is 0. The van der Waals surface area contributed by atoms with E-state index in [1.807, 2.05) is 13.0 Å². The Balaban J connectivity index is 4.33. The lowest BCUT2D eigenvalue weighted by Gasteiger charge is -2.18. The van der Waals surface area contributed by atoms with Crippen molar-refractivity contribution >= 4 is 17.5 Å². The molecule has 0 unspecified atom stereocenters. The fourth-order valence-electron chi connectivity index (χ4n) is 0.788. The first-order chi connectivity index (χ1) is 5.02. The lowest BCUT2D eigenvalue weighted by Crippen LogP contribution is -2.07.